The van der Waals surface area contributed by atoms with E-state index >= 15 is 0 Å². The van der Waals surface area contributed by atoms with E-state index in [1.807, 2.05) is 13.0 Å². The standard InChI is InChI=1S/C12H14N2O2/c1-7-4-5-14-11-10(7)9(15-2)6-8(13)12(11)16-3/h4-6H,13H2,1-3H3. The Labute approximate surface area is 94.0 Å². The molecular formula is C12H14N2O2. The number of rotatable bonds is 2. The van der Waals surface area contributed by atoms with Gasteiger partial charge in [0.25, 0.3) is 0 Å². The normalized spacial score (nSPS) is 10.4. The van der Waals surface area contributed by atoms with E-state index in [4.69, 9.17) is 15.2 Å². The molecule has 0 spiro atoms. The fourth-order valence-electron chi connectivity index (χ4n) is 1.83. The number of ether oxygens (including phenoxy) is 2. The molecule has 16 heavy (non-hydrogen) atoms. The van der Waals surface area contributed by atoms with Gasteiger partial charge in [0.05, 0.1) is 19.9 Å². The van der Waals surface area contributed by atoms with Gasteiger partial charge in [0.2, 0.25) is 0 Å². The van der Waals surface area contributed by atoms with Crippen LogP contribution in [-0.2, 0) is 0 Å². The number of fused-ring (bicyclic) bond motifs is 1. The van der Waals surface area contributed by atoms with Crippen LogP contribution < -0.4 is 15.2 Å². The average Bonchev–Trinajstić information content (AvgIpc) is 2.28. The Bertz CT molecular complexity index is 538. The third-order valence-corrected chi connectivity index (χ3v) is 2.59. The van der Waals surface area contributed by atoms with Gasteiger partial charge in [0.1, 0.15) is 11.3 Å². The minimum absolute atomic E-state index is 0.532. The zero-order valence-corrected chi connectivity index (χ0v) is 9.57. The van der Waals surface area contributed by atoms with Crippen molar-refractivity contribution in [2.24, 2.45) is 0 Å². The molecule has 0 saturated heterocycles. The maximum Gasteiger partial charge on any atom is 0.168 e. The van der Waals surface area contributed by atoms with Crippen LogP contribution in [0.15, 0.2) is 18.3 Å². The number of anilines is 1. The van der Waals surface area contributed by atoms with E-state index < -0.39 is 0 Å². The first-order chi connectivity index (χ1) is 7.69. The Kier molecular flexibility index (Phi) is 2.56. The van der Waals surface area contributed by atoms with Gasteiger partial charge >= 0.3 is 0 Å². The molecule has 1 heterocycles. The summed E-state index contributed by atoms with van der Waals surface area (Å²) < 4.78 is 10.6. The van der Waals surface area contributed by atoms with Crippen molar-refractivity contribution in [3.8, 4) is 11.5 Å². The molecule has 0 aliphatic rings. The average molecular weight is 218 g/mol. The highest BCUT2D eigenvalue weighted by molar-refractivity contribution is 5.96. The molecule has 2 aromatic rings. The summed E-state index contributed by atoms with van der Waals surface area (Å²) in [5, 5.41) is 0.941. The summed E-state index contributed by atoms with van der Waals surface area (Å²) in [5.74, 6) is 1.32. The lowest BCUT2D eigenvalue weighted by Crippen LogP contribution is -1.98. The fraction of sp³-hybridized carbons (Fsp3) is 0.250. The summed E-state index contributed by atoms with van der Waals surface area (Å²) in [6.45, 7) is 2.00. The molecule has 4 nitrogen and oxygen atoms in total. The lowest BCUT2D eigenvalue weighted by atomic mass is 10.1. The molecule has 4 heteroatoms. The zero-order valence-electron chi connectivity index (χ0n) is 9.57. The molecule has 84 valence electrons. The van der Waals surface area contributed by atoms with Crippen molar-refractivity contribution >= 4 is 16.6 Å². The Morgan fingerprint density at radius 2 is 2.00 bits per heavy atom. The quantitative estimate of drug-likeness (QED) is 0.784. The topological polar surface area (TPSA) is 57.4 Å². The van der Waals surface area contributed by atoms with E-state index in [0.29, 0.717) is 11.4 Å². The summed E-state index contributed by atoms with van der Waals surface area (Å²) in [5.41, 5.74) is 8.23. The first-order valence-electron chi connectivity index (χ1n) is 4.94. The van der Waals surface area contributed by atoms with Crippen molar-refractivity contribution < 1.29 is 9.47 Å². The molecule has 1 aromatic carbocycles. The van der Waals surface area contributed by atoms with Crippen LogP contribution in [0.5, 0.6) is 11.5 Å². The van der Waals surface area contributed by atoms with Gasteiger partial charge in [-0.2, -0.15) is 0 Å². The molecule has 0 aliphatic carbocycles. The van der Waals surface area contributed by atoms with Crippen LogP contribution >= 0.6 is 0 Å². The van der Waals surface area contributed by atoms with Crippen molar-refractivity contribution in [2.75, 3.05) is 20.0 Å². The number of hydrogen-bond acceptors (Lipinski definition) is 4. The minimum atomic E-state index is 0.532. The van der Waals surface area contributed by atoms with Gasteiger partial charge in [-0.15, -0.1) is 0 Å². The molecule has 0 saturated carbocycles. The second kappa shape index (κ2) is 3.89. The summed E-state index contributed by atoms with van der Waals surface area (Å²) in [6, 6.07) is 3.69. The number of nitrogens with zero attached hydrogens (tertiary/aromatic N) is 1. The molecule has 0 atom stereocenters. The SMILES string of the molecule is COc1c(N)cc(OC)c2c(C)ccnc12. The van der Waals surface area contributed by atoms with Crippen molar-refractivity contribution in [3.05, 3.63) is 23.9 Å². The van der Waals surface area contributed by atoms with Gasteiger partial charge in [-0.1, -0.05) is 0 Å². The van der Waals surface area contributed by atoms with Gasteiger partial charge in [0.15, 0.2) is 5.75 Å². The van der Waals surface area contributed by atoms with Crippen LogP contribution in [0, 0.1) is 6.92 Å². The number of hydrogen-bond donors (Lipinski definition) is 1. The number of aromatic nitrogens is 1. The third-order valence-electron chi connectivity index (χ3n) is 2.59. The molecule has 0 aliphatic heterocycles. The summed E-state index contributed by atoms with van der Waals surface area (Å²) >= 11 is 0. The smallest absolute Gasteiger partial charge is 0.168 e. The van der Waals surface area contributed by atoms with E-state index in [1.54, 1.807) is 26.5 Å². The van der Waals surface area contributed by atoms with Crippen LogP contribution in [0.25, 0.3) is 10.9 Å². The predicted molar refractivity (Wildman–Crippen MR) is 64.0 cm³/mol. The molecule has 1 aromatic heterocycles. The first kappa shape index (κ1) is 10.5. The number of nitrogen functional groups attached to an aromatic ring is 1. The van der Waals surface area contributed by atoms with Crippen molar-refractivity contribution in [1.29, 1.82) is 0 Å². The third kappa shape index (κ3) is 1.43. The van der Waals surface area contributed by atoms with Gasteiger partial charge in [-0.25, -0.2) is 0 Å². The van der Waals surface area contributed by atoms with Crippen LogP contribution in [0.3, 0.4) is 0 Å². The van der Waals surface area contributed by atoms with Gasteiger partial charge in [-0.05, 0) is 18.6 Å². The maximum atomic E-state index is 5.88. The number of methoxy groups -OCH3 is 2. The Morgan fingerprint density at radius 3 is 2.62 bits per heavy atom. The number of nitrogens with two attached hydrogens (primary N) is 1. The van der Waals surface area contributed by atoms with Crippen molar-refractivity contribution in [3.63, 3.8) is 0 Å². The van der Waals surface area contributed by atoms with Gasteiger partial charge < -0.3 is 15.2 Å². The maximum absolute atomic E-state index is 5.88. The largest absolute Gasteiger partial charge is 0.496 e. The Hall–Kier alpha value is -1.97. The summed E-state index contributed by atoms with van der Waals surface area (Å²) in [6.07, 6.45) is 1.74. The number of aryl methyl sites for hydroxylation is 1. The molecule has 0 bridgehead atoms. The van der Waals surface area contributed by atoms with Crippen molar-refractivity contribution in [2.45, 2.75) is 6.92 Å². The second-order valence-corrected chi connectivity index (χ2v) is 3.55. The fourth-order valence-corrected chi connectivity index (χ4v) is 1.83. The van der Waals surface area contributed by atoms with E-state index in [9.17, 15) is 0 Å². The lowest BCUT2D eigenvalue weighted by molar-refractivity contribution is 0.411. The molecule has 0 fully saturated rings. The molecule has 0 unspecified atom stereocenters. The van der Waals surface area contributed by atoms with Crippen LogP contribution in [-0.4, -0.2) is 19.2 Å². The summed E-state index contributed by atoms with van der Waals surface area (Å²) in [4.78, 5) is 4.30. The molecule has 0 radical (unpaired) electrons. The van der Waals surface area contributed by atoms with E-state index in [-0.39, 0.29) is 0 Å². The van der Waals surface area contributed by atoms with Crippen molar-refractivity contribution in [1.82, 2.24) is 4.98 Å². The highest BCUT2D eigenvalue weighted by atomic mass is 16.5. The number of benzene rings is 1. The molecule has 0 amide bonds. The predicted octanol–water partition coefficient (Wildman–Crippen LogP) is 2.14. The zero-order chi connectivity index (χ0) is 11.7. The molecular weight excluding hydrogens is 204 g/mol. The second-order valence-electron chi connectivity index (χ2n) is 3.55. The van der Waals surface area contributed by atoms with Gasteiger partial charge in [-0.3, -0.25) is 4.98 Å². The number of pyridine rings is 1. The monoisotopic (exact) mass is 218 g/mol. The molecule has 2 rings (SSSR count). The molecule has 2 N–H and O–H groups in total. The van der Waals surface area contributed by atoms with Crippen LogP contribution in [0.1, 0.15) is 5.56 Å². The highest BCUT2D eigenvalue weighted by Crippen LogP contribution is 2.38. The lowest BCUT2D eigenvalue weighted by Gasteiger charge is -2.13. The first-order valence-corrected chi connectivity index (χ1v) is 4.94. The van der Waals surface area contributed by atoms with E-state index in [1.165, 1.54) is 0 Å². The Balaban J connectivity index is 2.93. The van der Waals surface area contributed by atoms with Crippen LogP contribution in [0.2, 0.25) is 0 Å². The highest BCUT2D eigenvalue weighted by Gasteiger charge is 2.13. The van der Waals surface area contributed by atoms with E-state index in [0.717, 1.165) is 22.2 Å². The minimum Gasteiger partial charge on any atom is -0.496 e. The summed E-state index contributed by atoms with van der Waals surface area (Å²) in [7, 11) is 3.20. The Morgan fingerprint density at radius 1 is 1.25 bits per heavy atom. The van der Waals surface area contributed by atoms with E-state index in [2.05, 4.69) is 4.98 Å². The van der Waals surface area contributed by atoms with Gasteiger partial charge in [0, 0.05) is 17.6 Å². The van der Waals surface area contributed by atoms with Crippen LogP contribution in [0.4, 0.5) is 5.69 Å².